The number of nitrogens with zero attached hydrogens (tertiary/aromatic N) is 2. The third-order valence-electron chi connectivity index (χ3n) is 5.44. The molecular formula is C22H21ClN2O2. The molecule has 0 N–H and O–H groups in total. The Morgan fingerprint density at radius 1 is 1.00 bits per heavy atom. The molecule has 0 amide bonds. The van der Waals surface area contributed by atoms with E-state index in [-0.39, 0.29) is 5.69 Å². The molecule has 0 bridgehead atoms. The molecule has 27 heavy (non-hydrogen) atoms. The van der Waals surface area contributed by atoms with Crippen molar-refractivity contribution >= 4 is 33.7 Å². The normalized spacial score (nSPS) is 15.2. The smallest absolute Gasteiger partial charge is 0.271 e. The Labute approximate surface area is 163 Å². The summed E-state index contributed by atoms with van der Waals surface area (Å²) in [6, 6.07) is 19.9. The SMILES string of the molecule is O=[N+]([O-])c1ccc(N2CCC(Cc3ccc4ccccc4c3)CC2)c(Cl)c1. The van der Waals surface area contributed by atoms with Gasteiger partial charge in [0.1, 0.15) is 0 Å². The number of piperidine rings is 1. The number of hydrogen-bond donors (Lipinski definition) is 0. The highest BCUT2D eigenvalue weighted by atomic mass is 35.5. The van der Waals surface area contributed by atoms with Crippen LogP contribution in [-0.2, 0) is 6.42 Å². The highest BCUT2D eigenvalue weighted by molar-refractivity contribution is 6.33. The van der Waals surface area contributed by atoms with Gasteiger partial charge in [-0.3, -0.25) is 10.1 Å². The Balaban J connectivity index is 1.40. The largest absolute Gasteiger partial charge is 0.370 e. The van der Waals surface area contributed by atoms with Crippen LogP contribution < -0.4 is 4.90 Å². The molecule has 3 aromatic carbocycles. The van der Waals surface area contributed by atoms with Gasteiger partial charge in [0.05, 0.1) is 15.6 Å². The van der Waals surface area contributed by atoms with E-state index in [1.807, 2.05) is 0 Å². The molecule has 0 saturated carbocycles. The Bertz CT molecular complexity index is 981. The Hall–Kier alpha value is -2.59. The zero-order valence-corrected chi connectivity index (χ0v) is 15.7. The second kappa shape index (κ2) is 7.57. The van der Waals surface area contributed by atoms with Crippen LogP contribution in [0.4, 0.5) is 11.4 Å². The van der Waals surface area contributed by atoms with E-state index in [9.17, 15) is 10.1 Å². The van der Waals surface area contributed by atoms with Crippen LogP contribution in [0.15, 0.2) is 60.7 Å². The number of nitro benzene ring substituents is 1. The average Bonchev–Trinajstić information content (AvgIpc) is 2.68. The molecule has 0 atom stereocenters. The van der Waals surface area contributed by atoms with Crippen LogP contribution in [0.25, 0.3) is 10.8 Å². The van der Waals surface area contributed by atoms with Crippen molar-refractivity contribution in [3.05, 3.63) is 81.4 Å². The molecule has 4 rings (SSSR count). The highest BCUT2D eigenvalue weighted by Gasteiger charge is 2.22. The molecule has 1 aliphatic rings. The van der Waals surface area contributed by atoms with E-state index >= 15 is 0 Å². The van der Waals surface area contributed by atoms with E-state index in [4.69, 9.17) is 11.6 Å². The first-order valence-electron chi connectivity index (χ1n) is 9.27. The maximum Gasteiger partial charge on any atom is 0.271 e. The molecular weight excluding hydrogens is 360 g/mol. The van der Waals surface area contributed by atoms with E-state index in [0.29, 0.717) is 10.9 Å². The highest BCUT2D eigenvalue weighted by Crippen LogP contribution is 2.33. The molecule has 0 aliphatic carbocycles. The fourth-order valence-corrected chi connectivity index (χ4v) is 4.24. The molecule has 1 fully saturated rings. The summed E-state index contributed by atoms with van der Waals surface area (Å²) in [4.78, 5) is 12.7. The number of fused-ring (bicyclic) bond motifs is 1. The number of nitro groups is 1. The number of anilines is 1. The first-order valence-corrected chi connectivity index (χ1v) is 9.64. The lowest BCUT2D eigenvalue weighted by Crippen LogP contribution is -2.34. The van der Waals surface area contributed by atoms with E-state index in [1.54, 1.807) is 6.07 Å². The van der Waals surface area contributed by atoms with Crippen LogP contribution in [0.5, 0.6) is 0 Å². The van der Waals surface area contributed by atoms with Crippen LogP contribution in [0, 0.1) is 16.0 Å². The third kappa shape index (κ3) is 3.91. The van der Waals surface area contributed by atoms with Gasteiger partial charge in [-0.1, -0.05) is 54.1 Å². The predicted octanol–water partition coefficient (Wildman–Crippen LogP) is 5.86. The lowest BCUT2D eigenvalue weighted by molar-refractivity contribution is -0.384. The van der Waals surface area contributed by atoms with Gasteiger partial charge in [-0.25, -0.2) is 0 Å². The molecule has 5 heteroatoms. The molecule has 0 radical (unpaired) electrons. The van der Waals surface area contributed by atoms with Gasteiger partial charge in [0.2, 0.25) is 0 Å². The van der Waals surface area contributed by atoms with Crippen molar-refractivity contribution in [3.8, 4) is 0 Å². The van der Waals surface area contributed by atoms with E-state index < -0.39 is 4.92 Å². The fourth-order valence-electron chi connectivity index (χ4n) is 3.94. The summed E-state index contributed by atoms with van der Waals surface area (Å²) in [6.07, 6.45) is 3.28. The summed E-state index contributed by atoms with van der Waals surface area (Å²) >= 11 is 6.28. The zero-order chi connectivity index (χ0) is 18.8. The fraction of sp³-hybridized carbons (Fsp3) is 0.273. The minimum Gasteiger partial charge on any atom is -0.370 e. The van der Waals surface area contributed by atoms with Crippen LogP contribution in [0.3, 0.4) is 0 Å². The molecule has 0 aromatic heterocycles. The number of benzene rings is 3. The molecule has 1 heterocycles. The lowest BCUT2D eigenvalue weighted by atomic mass is 9.89. The minimum absolute atomic E-state index is 0.0370. The van der Waals surface area contributed by atoms with Crippen molar-refractivity contribution in [2.75, 3.05) is 18.0 Å². The molecule has 0 spiro atoms. The van der Waals surface area contributed by atoms with Gasteiger partial charge in [-0.2, -0.15) is 0 Å². The predicted molar refractivity (Wildman–Crippen MR) is 111 cm³/mol. The van der Waals surface area contributed by atoms with Crippen molar-refractivity contribution in [1.29, 1.82) is 0 Å². The quantitative estimate of drug-likeness (QED) is 0.420. The average molecular weight is 381 g/mol. The van der Waals surface area contributed by atoms with Gasteiger partial charge in [-0.15, -0.1) is 0 Å². The lowest BCUT2D eigenvalue weighted by Gasteiger charge is -2.34. The van der Waals surface area contributed by atoms with Crippen molar-refractivity contribution < 1.29 is 4.92 Å². The third-order valence-corrected chi connectivity index (χ3v) is 5.74. The summed E-state index contributed by atoms with van der Waals surface area (Å²) in [7, 11) is 0. The Morgan fingerprint density at radius 2 is 1.74 bits per heavy atom. The Kier molecular flexibility index (Phi) is 4.99. The first-order chi connectivity index (χ1) is 13.1. The second-order valence-electron chi connectivity index (χ2n) is 7.21. The number of non-ortho nitro benzene ring substituents is 1. The van der Waals surface area contributed by atoms with Crippen LogP contribution in [0.1, 0.15) is 18.4 Å². The van der Waals surface area contributed by atoms with Crippen molar-refractivity contribution in [1.82, 2.24) is 0 Å². The first kappa shape index (κ1) is 17.8. The van der Waals surface area contributed by atoms with E-state index in [2.05, 4.69) is 47.4 Å². The maximum absolute atomic E-state index is 10.9. The number of rotatable bonds is 4. The van der Waals surface area contributed by atoms with Crippen LogP contribution >= 0.6 is 11.6 Å². The van der Waals surface area contributed by atoms with Crippen LogP contribution in [-0.4, -0.2) is 18.0 Å². The summed E-state index contributed by atoms with van der Waals surface area (Å²) in [5.74, 6) is 0.652. The van der Waals surface area contributed by atoms with Crippen LogP contribution in [0.2, 0.25) is 5.02 Å². The van der Waals surface area contributed by atoms with Gasteiger partial charge in [0.25, 0.3) is 5.69 Å². The van der Waals surface area contributed by atoms with E-state index in [1.165, 1.54) is 28.5 Å². The van der Waals surface area contributed by atoms with Gasteiger partial charge in [0.15, 0.2) is 0 Å². The molecule has 1 aliphatic heterocycles. The summed E-state index contributed by atoms with van der Waals surface area (Å²) in [5.41, 5.74) is 2.32. The maximum atomic E-state index is 10.9. The molecule has 1 saturated heterocycles. The van der Waals surface area contributed by atoms with Gasteiger partial charge >= 0.3 is 0 Å². The standard InChI is InChI=1S/C22H21ClN2O2/c23-21-15-20(25(26)27)7-8-22(21)24-11-9-16(10-12-24)13-17-5-6-18-3-1-2-4-19(18)14-17/h1-8,14-16H,9-13H2. The topological polar surface area (TPSA) is 46.4 Å². The summed E-state index contributed by atoms with van der Waals surface area (Å²) in [5, 5.41) is 13.9. The monoisotopic (exact) mass is 380 g/mol. The van der Waals surface area contributed by atoms with Crippen molar-refractivity contribution in [3.63, 3.8) is 0 Å². The molecule has 138 valence electrons. The number of halogens is 1. The summed E-state index contributed by atoms with van der Waals surface area (Å²) in [6.45, 7) is 1.85. The van der Waals surface area contributed by atoms with Gasteiger partial charge in [0, 0.05) is 25.2 Å². The van der Waals surface area contributed by atoms with E-state index in [0.717, 1.165) is 38.0 Å². The Morgan fingerprint density at radius 3 is 2.44 bits per heavy atom. The molecule has 0 unspecified atom stereocenters. The van der Waals surface area contributed by atoms with Gasteiger partial charge in [-0.05, 0) is 47.6 Å². The number of hydrogen-bond acceptors (Lipinski definition) is 3. The molecule has 3 aromatic rings. The molecule has 4 nitrogen and oxygen atoms in total. The summed E-state index contributed by atoms with van der Waals surface area (Å²) < 4.78 is 0. The van der Waals surface area contributed by atoms with Gasteiger partial charge < -0.3 is 4.90 Å². The van der Waals surface area contributed by atoms with Crippen molar-refractivity contribution in [2.24, 2.45) is 5.92 Å². The second-order valence-corrected chi connectivity index (χ2v) is 7.62. The van der Waals surface area contributed by atoms with Crippen molar-refractivity contribution in [2.45, 2.75) is 19.3 Å². The minimum atomic E-state index is -0.411. The zero-order valence-electron chi connectivity index (χ0n) is 15.0.